The first-order valence-electron chi connectivity index (χ1n) is 8.17. The maximum absolute atomic E-state index is 3.67. The van der Waals surface area contributed by atoms with Crippen molar-refractivity contribution in [2.75, 3.05) is 26.2 Å². The van der Waals surface area contributed by atoms with E-state index in [4.69, 9.17) is 0 Å². The molecule has 0 amide bonds. The van der Waals surface area contributed by atoms with Gasteiger partial charge >= 0.3 is 17.1 Å². The molecule has 0 aromatic rings. The molecule has 0 bridgehead atoms. The summed E-state index contributed by atoms with van der Waals surface area (Å²) >= 11 is 0. The number of rotatable bonds is 0. The van der Waals surface area contributed by atoms with Gasteiger partial charge in [0.15, 0.2) is 0 Å². The van der Waals surface area contributed by atoms with Crippen LogP contribution in [0.15, 0.2) is 0 Å². The van der Waals surface area contributed by atoms with Gasteiger partial charge < -0.3 is 51.6 Å². The smallest absolute Gasteiger partial charge is 1.00 e. The average Bonchev–Trinajstić information content (AvgIpc) is 2.28. The standard InChI is InChI=1S/C16H36N4.2ClH.Cu.H2O/c1-13-11-15(3,4)19-10-8-18-14(2)12-16(5,6)20-9-7-17-13;;;;/h13-14,17-20H,7-12H2,1-6H3;2*1H;;1H2/q;;;+2;/p-2/t13-,14+;;;;. The van der Waals surface area contributed by atoms with E-state index in [1.807, 2.05) is 0 Å². The van der Waals surface area contributed by atoms with Crippen molar-refractivity contribution in [3.05, 3.63) is 0 Å². The fraction of sp³-hybridized carbons (Fsp3) is 1.00. The molecule has 0 saturated carbocycles. The zero-order valence-electron chi connectivity index (χ0n) is 16.0. The fourth-order valence-electron chi connectivity index (χ4n) is 3.26. The van der Waals surface area contributed by atoms with Crippen LogP contribution in [0, 0.1) is 0 Å². The van der Waals surface area contributed by atoms with E-state index in [2.05, 4.69) is 62.8 Å². The van der Waals surface area contributed by atoms with Crippen LogP contribution >= 0.6 is 0 Å². The van der Waals surface area contributed by atoms with E-state index in [0.29, 0.717) is 12.1 Å². The van der Waals surface area contributed by atoms with Gasteiger partial charge in [-0.25, -0.2) is 0 Å². The van der Waals surface area contributed by atoms with Gasteiger partial charge in [-0.1, -0.05) is 0 Å². The van der Waals surface area contributed by atoms with E-state index in [0.717, 1.165) is 39.0 Å². The molecule has 0 unspecified atom stereocenters. The Morgan fingerprint density at radius 3 is 1.25 bits per heavy atom. The second-order valence-corrected chi connectivity index (χ2v) is 7.74. The van der Waals surface area contributed by atoms with Crippen molar-refractivity contribution in [2.24, 2.45) is 0 Å². The zero-order chi connectivity index (χ0) is 15.2. The van der Waals surface area contributed by atoms with Crippen LogP contribution in [0.25, 0.3) is 0 Å². The first-order chi connectivity index (χ1) is 9.20. The Labute approximate surface area is 172 Å². The first-order valence-corrected chi connectivity index (χ1v) is 8.17. The average molecular weight is 437 g/mol. The van der Waals surface area contributed by atoms with Gasteiger partial charge in [-0.2, -0.15) is 0 Å². The van der Waals surface area contributed by atoms with Gasteiger partial charge in [0, 0.05) is 49.3 Å². The second kappa shape index (κ2) is 15.0. The molecule has 153 valence electrons. The molecular weight excluding hydrogens is 399 g/mol. The van der Waals surface area contributed by atoms with Gasteiger partial charge in [0.05, 0.1) is 0 Å². The minimum atomic E-state index is 0. The van der Waals surface area contributed by atoms with Gasteiger partial charge in [0.1, 0.15) is 0 Å². The van der Waals surface area contributed by atoms with E-state index < -0.39 is 0 Å². The molecule has 24 heavy (non-hydrogen) atoms. The Morgan fingerprint density at radius 2 is 0.958 bits per heavy atom. The summed E-state index contributed by atoms with van der Waals surface area (Å²) in [7, 11) is 0. The molecule has 0 aromatic heterocycles. The predicted octanol–water partition coefficient (Wildman–Crippen LogP) is -5.35. The maximum Gasteiger partial charge on any atom is 2.00 e. The molecule has 0 aliphatic carbocycles. The monoisotopic (exact) mass is 435 g/mol. The Kier molecular flexibility index (Phi) is 20.4. The summed E-state index contributed by atoms with van der Waals surface area (Å²) in [5, 5.41) is 14.6. The van der Waals surface area contributed by atoms with Crippen LogP contribution in [0.3, 0.4) is 0 Å². The van der Waals surface area contributed by atoms with Crippen molar-refractivity contribution in [1.82, 2.24) is 21.3 Å². The van der Waals surface area contributed by atoms with Crippen molar-refractivity contribution in [1.29, 1.82) is 0 Å². The Morgan fingerprint density at radius 1 is 0.667 bits per heavy atom. The molecule has 0 spiro atoms. The number of hydrogen-bond acceptors (Lipinski definition) is 4. The first kappa shape index (κ1) is 32.6. The summed E-state index contributed by atoms with van der Waals surface area (Å²) in [5.41, 5.74) is 0.377. The molecule has 1 rings (SSSR count). The van der Waals surface area contributed by atoms with Crippen molar-refractivity contribution in [3.8, 4) is 0 Å². The molecule has 0 aromatic carbocycles. The van der Waals surface area contributed by atoms with E-state index >= 15 is 0 Å². The van der Waals surface area contributed by atoms with Crippen molar-refractivity contribution in [3.63, 3.8) is 0 Å². The summed E-state index contributed by atoms with van der Waals surface area (Å²) in [5.74, 6) is 0. The van der Waals surface area contributed by atoms with Crippen LogP contribution in [0.4, 0.5) is 0 Å². The third kappa shape index (κ3) is 15.2. The second-order valence-electron chi connectivity index (χ2n) is 7.74. The normalized spacial score (nSPS) is 27.8. The summed E-state index contributed by atoms with van der Waals surface area (Å²) in [6.45, 7) is 17.8. The van der Waals surface area contributed by atoms with Crippen LogP contribution in [-0.4, -0.2) is 54.8 Å². The molecule has 1 aliphatic rings. The van der Waals surface area contributed by atoms with Gasteiger partial charge in [0.2, 0.25) is 0 Å². The number of nitrogens with one attached hydrogen (secondary N) is 4. The Bertz CT molecular complexity index is 269. The quantitative estimate of drug-likeness (QED) is 0.286. The molecular formula is C16H38Cl2CuN4O. The summed E-state index contributed by atoms with van der Waals surface area (Å²) in [6.07, 6.45) is 2.29. The summed E-state index contributed by atoms with van der Waals surface area (Å²) in [6, 6.07) is 1.08. The molecule has 6 N–H and O–H groups in total. The summed E-state index contributed by atoms with van der Waals surface area (Å²) in [4.78, 5) is 0. The molecule has 2 atom stereocenters. The number of hydrogen-bond donors (Lipinski definition) is 4. The fourth-order valence-corrected chi connectivity index (χ4v) is 3.26. The molecule has 5 nitrogen and oxygen atoms in total. The van der Waals surface area contributed by atoms with Crippen LogP contribution in [-0.2, 0) is 17.1 Å². The predicted molar refractivity (Wildman–Crippen MR) is 91.9 cm³/mol. The van der Waals surface area contributed by atoms with Crippen LogP contribution in [0.1, 0.15) is 54.4 Å². The zero-order valence-corrected chi connectivity index (χ0v) is 18.4. The number of halogens is 2. The van der Waals surface area contributed by atoms with Gasteiger partial charge in [-0.15, -0.1) is 0 Å². The van der Waals surface area contributed by atoms with E-state index in [1.54, 1.807) is 0 Å². The molecule has 8 heteroatoms. The van der Waals surface area contributed by atoms with E-state index in [-0.39, 0.29) is 58.4 Å². The molecule has 1 saturated heterocycles. The van der Waals surface area contributed by atoms with Gasteiger partial charge in [0.25, 0.3) is 0 Å². The third-order valence-corrected chi connectivity index (χ3v) is 4.08. The van der Waals surface area contributed by atoms with Gasteiger partial charge in [-0.3, -0.25) is 0 Å². The minimum Gasteiger partial charge on any atom is -1.00 e. The van der Waals surface area contributed by atoms with Crippen molar-refractivity contribution < 1.29 is 47.4 Å². The molecule has 1 heterocycles. The topological polar surface area (TPSA) is 79.6 Å². The maximum atomic E-state index is 3.67. The van der Waals surface area contributed by atoms with Gasteiger partial charge in [-0.05, 0) is 54.4 Å². The Hall–Kier alpha value is 0.899. The Balaban J connectivity index is -0.000000500. The molecule has 1 fully saturated rings. The van der Waals surface area contributed by atoms with Crippen LogP contribution < -0.4 is 46.1 Å². The summed E-state index contributed by atoms with van der Waals surface area (Å²) < 4.78 is 0. The molecule has 1 aliphatic heterocycles. The van der Waals surface area contributed by atoms with E-state index in [1.165, 1.54) is 0 Å². The van der Waals surface area contributed by atoms with Crippen molar-refractivity contribution >= 4 is 0 Å². The molecule has 1 radical (unpaired) electrons. The SMILES string of the molecule is C[C@@H]1CC(C)(C)NCCN[C@@H](C)CC(C)(C)NCCN1.O.[Cl-].[Cl-].[Cu+2]. The van der Waals surface area contributed by atoms with Crippen molar-refractivity contribution in [2.45, 2.75) is 77.5 Å². The third-order valence-electron chi connectivity index (χ3n) is 4.08. The minimum absolute atomic E-state index is 0. The largest absolute Gasteiger partial charge is 2.00 e. The van der Waals surface area contributed by atoms with E-state index in [9.17, 15) is 0 Å². The van der Waals surface area contributed by atoms with Crippen LogP contribution in [0.5, 0.6) is 0 Å². The van der Waals surface area contributed by atoms with Crippen LogP contribution in [0.2, 0.25) is 0 Å².